The van der Waals surface area contributed by atoms with Crippen LogP contribution in [0.1, 0.15) is 29.2 Å². The van der Waals surface area contributed by atoms with Crippen LogP contribution in [0.15, 0.2) is 84.9 Å². The van der Waals surface area contributed by atoms with Crippen LogP contribution in [-0.2, 0) is 22.7 Å². The van der Waals surface area contributed by atoms with Gasteiger partial charge in [-0.15, -0.1) is 0 Å². The number of ketones is 1. The van der Waals surface area contributed by atoms with Crippen LogP contribution in [0, 0.1) is 0 Å². The topological polar surface area (TPSA) is 77.8 Å². The fourth-order valence-electron chi connectivity index (χ4n) is 3.16. The molecular formula is C24H23NO4. The van der Waals surface area contributed by atoms with E-state index in [2.05, 4.69) is 29.2 Å². The molecule has 0 radical (unpaired) electrons. The van der Waals surface area contributed by atoms with Crippen LogP contribution in [0.5, 0.6) is 0 Å². The maximum atomic E-state index is 11.5. The van der Waals surface area contributed by atoms with E-state index in [4.69, 9.17) is 5.11 Å². The van der Waals surface area contributed by atoms with E-state index in [1.807, 2.05) is 54.6 Å². The first-order chi connectivity index (χ1) is 14.0. The Morgan fingerprint density at radius 2 is 1.34 bits per heavy atom. The molecule has 0 fully saturated rings. The Balaban J connectivity index is 1.86. The summed E-state index contributed by atoms with van der Waals surface area (Å²) in [5.41, 5.74) is 3.70. The van der Waals surface area contributed by atoms with Crippen molar-refractivity contribution in [1.29, 1.82) is 0 Å². The van der Waals surface area contributed by atoms with E-state index in [0.717, 1.165) is 16.8 Å². The Hall–Kier alpha value is -3.44. The molecule has 0 aliphatic carbocycles. The molecule has 0 spiro atoms. The third-order valence-electron chi connectivity index (χ3n) is 4.67. The summed E-state index contributed by atoms with van der Waals surface area (Å²) in [4.78, 5) is 24.4. The number of aliphatic carboxylic acids is 1. The van der Waals surface area contributed by atoms with E-state index in [-0.39, 0.29) is 0 Å². The number of carboxylic acid groups (broad SMARTS) is 1. The van der Waals surface area contributed by atoms with Crippen LogP contribution >= 0.6 is 0 Å². The average molecular weight is 389 g/mol. The van der Waals surface area contributed by atoms with Crippen LogP contribution in [0.4, 0.5) is 5.69 Å². The summed E-state index contributed by atoms with van der Waals surface area (Å²) < 4.78 is 0. The van der Waals surface area contributed by atoms with E-state index in [1.54, 1.807) is 6.07 Å². The van der Waals surface area contributed by atoms with E-state index in [1.165, 1.54) is 0 Å². The second kappa shape index (κ2) is 9.66. The minimum Gasteiger partial charge on any atom is -0.475 e. The monoisotopic (exact) mass is 389 g/mol. The van der Waals surface area contributed by atoms with Crippen LogP contribution < -0.4 is 4.90 Å². The summed E-state index contributed by atoms with van der Waals surface area (Å²) in [5.74, 6) is -2.54. The number of anilines is 1. The maximum Gasteiger partial charge on any atom is 0.372 e. The highest BCUT2D eigenvalue weighted by atomic mass is 16.4. The molecule has 0 bridgehead atoms. The number of nitrogens with zero attached hydrogens (tertiary/aromatic N) is 1. The van der Waals surface area contributed by atoms with Gasteiger partial charge < -0.3 is 15.1 Å². The zero-order chi connectivity index (χ0) is 20.6. The van der Waals surface area contributed by atoms with Gasteiger partial charge in [-0.2, -0.15) is 0 Å². The number of hydrogen-bond donors (Lipinski definition) is 2. The van der Waals surface area contributed by atoms with Crippen molar-refractivity contribution in [3.05, 3.63) is 102 Å². The predicted molar refractivity (Wildman–Crippen MR) is 111 cm³/mol. The minimum absolute atomic E-state index is 0.448. The lowest BCUT2D eigenvalue weighted by Gasteiger charge is -2.26. The summed E-state index contributed by atoms with van der Waals surface area (Å²) in [6, 6.07) is 27.4. The molecule has 0 amide bonds. The van der Waals surface area contributed by atoms with Gasteiger partial charge in [0, 0.05) is 25.2 Å². The first-order valence-corrected chi connectivity index (χ1v) is 9.40. The molecular weight excluding hydrogens is 366 g/mol. The standard InChI is InChI=1S/C24H23NO4/c26-22(15-23(27)24(28)29)20-12-7-13-21(14-20)25(16-18-8-3-1-4-9-18)17-19-10-5-2-6-11-19/h1-14,22,26H,15-17H2,(H,28,29). The molecule has 5 heteroatoms. The summed E-state index contributed by atoms with van der Waals surface area (Å²) >= 11 is 0. The Morgan fingerprint density at radius 1 is 0.793 bits per heavy atom. The molecule has 29 heavy (non-hydrogen) atoms. The maximum absolute atomic E-state index is 11.5. The summed E-state index contributed by atoms with van der Waals surface area (Å²) in [5, 5.41) is 19.1. The van der Waals surface area contributed by atoms with Gasteiger partial charge in [0.15, 0.2) is 0 Å². The molecule has 1 unspecified atom stereocenters. The van der Waals surface area contributed by atoms with Gasteiger partial charge in [0.2, 0.25) is 5.78 Å². The largest absolute Gasteiger partial charge is 0.475 e. The molecule has 3 aromatic carbocycles. The zero-order valence-corrected chi connectivity index (χ0v) is 15.9. The Bertz CT molecular complexity index is 915. The number of aliphatic hydroxyl groups is 1. The van der Waals surface area contributed by atoms with Crippen molar-refractivity contribution in [3.63, 3.8) is 0 Å². The lowest BCUT2D eigenvalue weighted by Crippen LogP contribution is -2.22. The molecule has 0 heterocycles. The molecule has 0 aliphatic heterocycles. The lowest BCUT2D eigenvalue weighted by atomic mass is 10.0. The summed E-state index contributed by atoms with van der Waals surface area (Å²) in [6.07, 6.45) is -1.61. The first kappa shape index (κ1) is 20.3. The van der Waals surface area contributed by atoms with Crippen molar-refractivity contribution < 1.29 is 19.8 Å². The zero-order valence-electron chi connectivity index (χ0n) is 15.9. The molecule has 3 rings (SSSR count). The number of carbonyl (C=O) groups excluding carboxylic acids is 1. The normalized spacial score (nSPS) is 11.6. The second-order valence-electron chi connectivity index (χ2n) is 6.87. The Kier molecular flexibility index (Phi) is 6.76. The van der Waals surface area contributed by atoms with Gasteiger partial charge in [-0.3, -0.25) is 4.79 Å². The summed E-state index contributed by atoms with van der Waals surface area (Å²) in [7, 11) is 0. The van der Waals surface area contributed by atoms with Crippen molar-refractivity contribution in [1.82, 2.24) is 0 Å². The smallest absolute Gasteiger partial charge is 0.372 e. The number of hydrogen-bond acceptors (Lipinski definition) is 4. The van der Waals surface area contributed by atoms with Crippen molar-refractivity contribution in [2.45, 2.75) is 25.6 Å². The van der Waals surface area contributed by atoms with Crippen molar-refractivity contribution >= 4 is 17.4 Å². The highest BCUT2D eigenvalue weighted by molar-refractivity contribution is 6.32. The van der Waals surface area contributed by atoms with Gasteiger partial charge in [-0.25, -0.2) is 4.79 Å². The predicted octanol–water partition coefficient (Wildman–Crippen LogP) is 3.97. The SMILES string of the molecule is O=C(O)C(=O)CC(O)c1cccc(N(Cc2ccccc2)Cc2ccccc2)c1. The van der Waals surface area contributed by atoms with E-state index in [0.29, 0.717) is 18.7 Å². The molecule has 0 saturated heterocycles. The highest BCUT2D eigenvalue weighted by Gasteiger charge is 2.19. The van der Waals surface area contributed by atoms with Crippen LogP contribution in [0.25, 0.3) is 0 Å². The molecule has 0 saturated carbocycles. The van der Waals surface area contributed by atoms with Gasteiger partial charge in [0.25, 0.3) is 0 Å². The van der Waals surface area contributed by atoms with Crippen molar-refractivity contribution in [2.24, 2.45) is 0 Å². The second-order valence-corrected chi connectivity index (χ2v) is 6.87. The minimum atomic E-state index is -1.53. The number of carbonyl (C=O) groups is 2. The molecule has 3 aromatic rings. The van der Waals surface area contributed by atoms with Crippen LogP contribution in [0.3, 0.4) is 0 Å². The van der Waals surface area contributed by atoms with E-state index in [9.17, 15) is 14.7 Å². The highest BCUT2D eigenvalue weighted by Crippen LogP contribution is 2.26. The van der Waals surface area contributed by atoms with Crippen molar-refractivity contribution in [3.8, 4) is 0 Å². The molecule has 5 nitrogen and oxygen atoms in total. The number of aliphatic hydroxyl groups excluding tert-OH is 1. The van der Waals surface area contributed by atoms with Gasteiger partial charge in [0.1, 0.15) is 0 Å². The van der Waals surface area contributed by atoms with E-state index < -0.39 is 24.3 Å². The first-order valence-electron chi connectivity index (χ1n) is 9.40. The van der Waals surface area contributed by atoms with Gasteiger partial charge >= 0.3 is 5.97 Å². The number of benzene rings is 3. The number of carboxylic acids is 1. The molecule has 1 atom stereocenters. The van der Waals surface area contributed by atoms with Crippen LogP contribution in [-0.4, -0.2) is 22.0 Å². The quantitative estimate of drug-likeness (QED) is 0.542. The number of rotatable bonds is 9. The third kappa shape index (κ3) is 5.77. The van der Waals surface area contributed by atoms with Crippen molar-refractivity contribution in [2.75, 3.05) is 4.90 Å². The molecule has 0 aliphatic rings. The third-order valence-corrected chi connectivity index (χ3v) is 4.67. The average Bonchev–Trinajstić information content (AvgIpc) is 2.74. The van der Waals surface area contributed by atoms with Gasteiger partial charge in [-0.05, 0) is 28.8 Å². The summed E-state index contributed by atoms with van der Waals surface area (Å²) in [6.45, 7) is 1.34. The molecule has 0 aromatic heterocycles. The number of Topliss-reactive ketones (excluding diaryl/α,β-unsaturated/α-hetero) is 1. The van der Waals surface area contributed by atoms with E-state index >= 15 is 0 Å². The fourth-order valence-corrected chi connectivity index (χ4v) is 3.16. The van der Waals surface area contributed by atoms with Gasteiger partial charge in [0.05, 0.1) is 6.10 Å². The Morgan fingerprint density at radius 3 is 1.86 bits per heavy atom. The lowest BCUT2D eigenvalue weighted by molar-refractivity contribution is -0.150. The molecule has 2 N–H and O–H groups in total. The van der Waals surface area contributed by atoms with Gasteiger partial charge in [-0.1, -0.05) is 72.8 Å². The Labute approximate surface area is 169 Å². The molecule has 148 valence electrons. The fraction of sp³-hybridized carbons (Fsp3) is 0.167. The van der Waals surface area contributed by atoms with Crippen LogP contribution in [0.2, 0.25) is 0 Å².